The van der Waals surface area contributed by atoms with E-state index in [0.29, 0.717) is 5.56 Å². The highest BCUT2D eigenvalue weighted by molar-refractivity contribution is 5.96. The van der Waals surface area contributed by atoms with Crippen LogP contribution in [0.5, 0.6) is 0 Å². The highest BCUT2D eigenvalue weighted by atomic mass is 19.1. The van der Waals surface area contributed by atoms with Gasteiger partial charge in [0.05, 0.1) is 0 Å². The number of anilines is 1. The van der Waals surface area contributed by atoms with Gasteiger partial charge in [0.15, 0.2) is 5.84 Å². The van der Waals surface area contributed by atoms with Crippen LogP contribution in [0.2, 0.25) is 0 Å². The molecule has 0 saturated carbocycles. The van der Waals surface area contributed by atoms with Crippen LogP contribution in [0, 0.1) is 11.6 Å². The molecule has 104 valence electrons. The SMILES string of the molecule is NC(=NO)c1ccc(CNc2c(F)cccc2F)cc1. The van der Waals surface area contributed by atoms with E-state index in [4.69, 9.17) is 10.9 Å². The summed E-state index contributed by atoms with van der Waals surface area (Å²) in [6, 6.07) is 10.4. The molecule has 0 spiro atoms. The molecule has 4 N–H and O–H groups in total. The first kappa shape index (κ1) is 13.8. The Morgan fingerprint density at radius 1 is 1.10 bits per heavy atom. The quantitative estimate of drug-likeness (QED) is 0.348. The second kappa shape index (κ2) is 6.01. The molecule has 0 fully saturated rings. The summed E-state index contributed by atoms with van der Waals surface area (Å²) in [4.78, 5) is 0. The Morgan fingerprint density at radius 2 is 1.70 bits per heavy atom. The molecule has 0 bridgehead atoms. The number of amidine groups is 1. The van der Waals surface area contributed by atoms with Crippen LogP contribution < -0.4 is 11.1 Å². The first-order valence-corrected chi connectivity index (χ1v) is 5.86. The highest BCUT2D eigenvalue weighted by Gasteiger charge is 2.07. The predicted octanol–water partition coefficient (Wildman–Crippen LogP) is 2.67. The van der Waals surface area contributed by atoms with Gasteiger partial charge in [0.1, 0.15) is 17.3 Å². The molecule has 0 aromatic heterocycles. The Kier molecular flexibility index (Phi) is 4.14. The van der Waals surface area contributed by atoms with E-state index in [1.165, 1.54) is 18.2 Å². The van der Waals surface area contributed by atoms with E-state index in [1.807, 2.05) is 0 Å². The van der Waals surface area contributed by atoms with Crippen LogP contribution >= 0.6 is 0 Å². The standard InChI is InChI=1S/C14H13F2N3O/c15-11-2-1-3-12(16)13(11)18-8-9-4-6-10(7-5-9)14(17)19-20/h1-7,18,20H,8H2,(H2,17,19). The third kappa shape index (κ3) is 3.03. The first-order chi connectivity index (χ1) is 9.61. The zero-order valence-electron chi connectivity index (χ0n) is 10.5. The lowest BCUT2D eigenvalue weighted by Gasteiger charge is -2.09. The summed E-state index contributed by atoms with van der Waals surface area (Å²) >= 11 is 0. The van der Waals surface area contributed by atoms with Crippen LogP contribution in [0.4, 0.5) is 14.5 Å². The average Bonchev–Trinajstić information content (AvgIpc) is 2.46. The normalized spacial score (nSPS) is 11.4. The Balaban J connectivity index is 2.08. The molecule has 0 amide bonds. The molecule has 2 aromatic rings. The van der Waals surface area contributed by atoms with Crippen LogP contribution in [-0.4, -0.2) is 11.0 Å². The van der Waals surface area contributed by atoms with Crippen LogP contribution in [0.3, 0.4) is 0 Å². The molecule has 6 heteroatoms. The van der Waals surface area contributed by atoms with Crippen molar-refractivity contribution in [1.29, 1.82) is 0 Å². The van der Waals surface area contributed by atoms with E-state index in [9.17, 15) is 8.78 Å². The number of nitrogens with two attached hydrogens (primary N) is 1. The number of hydrogen-bond donors (Lipinski definition) is 3. The summed E-state index contributed by atoms with van der Waals surface area (Å²) in [6.07, 6.45) is 0. The summed E-state index contributed by atoms with van der Waals surface area (Å²) in [7, 11) is 0. The molecule has 0 saturated heterocycles. The molecule has 20 heavy (non-hydrogen) atoms. The molecule has 0 aliphatic carbocycles. The second-order valence-corrected chi connectivity index (χ2v) is 4.13. The average molecular weight is 277 g/mol. The monoisotopic (exact) mass is 277 g/mol. The minimum Gasteiger partial charge on any atom is -0.409 e. The van der Waals surface area contributed by atoms with Gasteiger partial charge < -0.3 is 16.3 Å². The maximum atomic E-state index is 13.4. The molecule has 2 rings (SSSR count). The van der Waals surface area contributed by atoms with Gasteiger partial charge in [-0.05, 0) is 17.7 Å². The minimum absolute atomic E-state index is 0.00431. The van der Waals surface area contributed by atoms with Gasteiger partial charge in [0, 0.05) is 12.1 Å². The Labute approximate surface area is 114 Å². The van der Waals surface area contributed by atoms with Gasteiger partial charge in [-0.25, -0.2) is 8.78 Å². The Morgan fingerprint density at radius 3 is 2.25 bits per heavy atom. The van der Waals surface area contributed by atoms with Gasteiger partial charge in [-0.1, -0.05) is 35.5 Å². The Bertz CT molecular complexity index is 607. The zero-order chi connectivity index (χ0) is 14.5. The molecule has 0 heterocycles. The summed E-state index contributed by atoms with van der Waals surface area (Å²) in [5.74, 6) is -1.28. The van der Waals surface area contributed by atoms with Crippen LogP contribution in [-0.2, 0) is 6.54 Å². The van der Waals surface area contributed by atoms with Crippen molar-refractivity contribution in [2.75, 3.05) is 5.32 Å². The van der Waals surface area contributed by atoms with E-state index >= 15 is 0 Å². The predicted molar refractivity (Wildman–Crippen MR) is 72.6 cm³/mol. The van der Waals surface area contributed by atoms with Gasteiger partial charge in [0.25, 0.3) is 0 Å². The molecule has 0 atom stereocenters. The fraction of sp³-hybridized carbons (Fsp3) is 0.0714. The summed E-state index contributed by atoms with van der Waals surface area (Å²) < 4.78 is 26.8. The third-order valence-corrected chi connectivity index (χ3v) is 2.79. The number of halogens is 2. The Hall–Kier alpha value is -2.63. The smallest absolute Gasteiger partial charge is 0.170 e. The van der Waals surface area contributed by atoms with Crippen molar-refractivity contribution in [3.63, 3.8) is 0 Å². The molecule has 4 nitrogen and oxygen atoms in total. The number of benzene rings is 2. The number of oxime groups is 1. The molecular weight excluding hydrogens is 264 g/mol. The number of para-hydroxylation sites is 1. The maximum Gasteiger partial charge on any atom is 0.170 e. The lowest BCUT2D eigenvalue weighted by atomic mass is 10.1. The van der Waals surface area contributed by atoms with Crippen molar-refractivity contribution in [3.8, 4) is 0 Å². The third-order valence-electron chi connectivity index (χ3n) is 2.79. The molecular formula is C14H13F2N3O. The zero-order valence-corrected chi connectivity index (χ0v) is 10.5. The van der Waals surface area contributed by atoms with Crippen molar-refractivity contribution in [2.45, 2.75) is 6.54 Å². The van der Waals surface area contributed by atoms with Gasteiger partial charge >= 0.3 is 0 Å². The fourth-order valence-electron chi connectivity index (χ4n) is 1.71. The molecule has 0 aliphatic rings. The molecule has 0 radical (unpaired) electrons. The minimum atomic E-state index is -0.640. The largest absolute Gasteiger partial charge is 0.409 e. The summed E-state index contributed by atoms with van der Waals surface area (Å²) in [6.45, 7) is 0.258. The van der Waals surface area contributed by atoms with Gasteiger partial charge in [-0.2, -0.15) is 0 Å². The number of nitrogens with one attached hydrogen (secondary N) is 1. The van der Waals surface area contributed by atoms with E-state index in [0.717, 1.165) is 5.56 Å². The van der Waals surface area contributed by atoms with Gasteiger partial charge in [-0.3, -0.25) is 0 Å². The van der Waals surface area contributed by atoms with Gasteiger partial charge in [-0.15, -0.1) is 0 Å². The lowest BCUT2D eigenvalue weighted by molar-refractivity contribution is 0.318. The van der Waals surface area contributed by atoms with Crippen LogP contribution in [0.15, 0.2) is 47.6 Å². The number of hydrogen-bond acceptors (Lipinski definition) is 3. The van der Waals surface area contributed by atoms with Crippen LogP contribution in [0.25, 0.3) is 0 Å². The summed E-state index contributed by atoms with van der Waals surface area (Å²) in [5, 5.41) is 14.1. The van der Waals surface area contributed by atoms with Crippen molar-refractivity contribution >= 4 is 11.5 Å². The van der Waals surface area contributed by atoms with E-state index < -0.39 is 11.6 Å². The van der Waals surface area contributed by atoms with Crippen molar-refractivity contribution in [2.24, 2.45) is 10.9 Å². The van der Waals surface area contributed by atoms with Gasteiger partial charge in [0.2, 0.25) is 0 Å². The highest BCUT2D eigenvalue weighted by Crippen LogP contribution is 2.19. The molecule has 0 unspecified atom stereocenters. The first-order valence-electron chi connectivity index (χ1n) is 5.86. The van der Waals surface area contributed by atoms with E-state index in [-0.39, 0.29) is 18.1 Å². The fourth-order valence-corrected chi connectivity index (χ4v) is 1.71. The number of nitrogens with zero attached hydrogens (tertiary/aromatic N) is 1. The topological polar surface area (TPSA) is 70.6 Å². The number of rotatable bonds is 4. The van der Waals surface area contributed by atoms with Crippen molar-refractivity contribution < 1.29 is 14.0 Å². The maximum absolute atomic E-state index is 13.4. The van der Waals surface area contributed by atoms with Crippen molar-refractivity contribution in [3.05, 3.63) is 65.2 Å². The summed E-state index contributed by atoms with van der Waals surface area (Å²) in [5.41, 5.74) is 6.65. The molecule has 2 aromatic carbocycles. The second-order valence-electron chi connectivity index (χ2n) is 4.13. The van der Waals surface area contributed by atoms with E-state index in [1.54, 1.807) is 24.3 Å². The van der Waals surface area contributed by atoms with E-state index in [2.05, 4.69) is 10.5 Å². The van der Waals surface area contributed by atoms with Crippen LogP contribution in [0.1, 0.15) is 11.1 Å². The van der Waals surface area contributed by atoms with Crippen molar-refractivity contribution in [1.82, 2.24) is 0 Å². The molecule has 0 aliphatic heterocycles. The lowest BCUT2D eigenvalue weighted by Crippen LogP contribution is -2.13.